The maximum Gasteiger partial charge on any atom is 0.262 e. The Hall–Kier alpha value is -2.74. The minimum atomic E-state index is -0.314. The van der Waals surface area contributed by atoms with Crippen LogP contribution in [0.3, 0.4) is 0 Å². The monoisotopic (exact) mass is 473 g/mol. The molecule has 4 rings (SSSR count). The molecule has 1 amide bonds. The number of nitrogens with one attached hydrogen (secondary N) is 1. The minimum absolute atomic E-state index is 0.0174. The number of halogens is 2. The van der Waals surface area contributed by atoms with Gasteiger partial charge in [0.2, 0.25) is 5.91 Å². The van der Waals surface area contributed by atoms with Gasteiger partial charge in [0.1, 0.15) is 5.76 Å². The van der Waals surface area contributed by atoms with E-state index < -0.39 is 0 Å². The molecule has 0 saturated heterocycles. The summed E-state index contributed by atoms with van der Waals surface area (Å²) in [6, 6.07) is 14.1. The molecule has 0 bridgehead atoms. The number of carbonyl (C=O) groups excluding carboxylic acids is 1. The topological polar surface area (TPSA) is 77.1 Å². The van der Waals surface area contributed by atoms with E-state index in [4.69, 9.17) is 27.6 Å². The average Bonchev–Trinajstić information content (AvgIpc) is 3.28. The van der Waals surface area contributed by atoms with E-state index in [1.165, 1.54) is 4.57 Å². The maximum atomic E-state index is 13.1. The Bertz CT molecular complexity index is 1320. The first kappa shape index (κ1) is 21.5. The summed E-state index contributed by atoms with van der Waals surface area (Å²) in [5, 5.41) is 4.41. The van der Waals surface area contributed by atoms with Crippen molar-refractivity contribution in [2.24, 2.45) is 0 Å². The first-order valence-electron chi connectivity index (χ1n) is 9.33. The van der Waals surface area contributed by atoms with Gasteiger partial charge in [-0.05, 0) is 42.8 Å². The number of rotatable bonds is 6. The van der Waals surface area contributed by atoms with Crippen LogP contribution in [0.2, 0.25) is 10.0 Å². The molecular weight excluding hydrogens is 457 g/mol. The second-order valence-electron chi connectivity index (χ2n) is 6.77. The minimum Gasteiger partial charge on any atom is -0.467 e. The number of hydrogen-bond donors (Lipinski definition) is 1. The van der Waals surface area contributed by atoms with Crippen LogP contribution in [0.1, 0.15) is 11.3 Å². The van der Waals surface area contributed by atoms with E-state index >= 15 is 0 Å². The third-order valence-corrected chi connectivity index (χ3v) is 6.38. The molecule has 2 aromatic heterocycles. The lowest BCUT2D eigenvalue weighted by Crippen LogP contribution is -2.24. The fraction of sp³-hybridized carbons (Fsp3) is 0.136. The summed E-state index contributed by atoms with van der Waals surface area (Å²) in [6.07, 6.45) is 1.55. The first-order chi connectivity index (χ1) is 14.9. The number of furan rings is 1. The lowest BCUT2D eigenvalue weighted by atomic mass is 10.2. The Labute approximate surface area is 192 Å². The Morgan fingerprint density at radius 1 is 1.16 bits per heavy atom. The van der Waals surface area contributed by atoms with Crippen molar-refractivity contribution < 1.29 is 9.21 Å². The molecule has 0 aliphatic carbocycles. The van der Waals surface area contributed by atoms with E-state index in [1.54, 1.807) is 48.7 Å². The SMILES string of the molecule is Cc1ccc(Cl)c(NC(=O)CSc2nc3ccccc3c(=O)n2Cc2ccco2)c1Cl. The van der Waals surface area contributed by atoms with Crippen LogP contribution in [0.4, 0.5) is 5.69 Å². The van der Waals surface area contributed by atoms with E-state index in [0.717, 1.165) is 17.3 Å². The Kier molecular flexibility index (Phi) is 6.36. The van der Waals surface area contributed by atoms with Crippen molar-refractivity contribution in [2.45, 2.75) is 18.6 Å². The van der Waals surface area contributed by atoms with Gasteiger partial charge in [-0.3, -0.25) is 14.2 Å². The number of hydrogen-bond acceptors (Lipinski definition) is 5. The molecule has 9 heteroatoms. The highest BCUT2D eigenvalue weighted by Crippen LogP contribution is 2.33. The van der Waals surface area contributed by atoms with Crippen molar-refractivity contribution >= 4 is 57.5 Å². The maximum absolute atomic E-state index is 13.1. The molecule has 31 heavy (non-hydrogen) atoms. The van der Waals surface area contributed by atoms with Gasteiger partial charge in [-0.25, -0.2) is 4.98 Å². The smallest absolute Gasteiger partial charge is 0.262 e. The highest BCUT2D eigenvalue weighted by atomic mass is 35.5. The average molecular weight is 474 g/mol. The van der Waals surface area contributed by atoms with E-state index in [1.807, 2.05) is 13.0 Å². The summed E-state index contributed by atoms with van der Waals surface area (Å²) in [5.74, 6) is 0.318. The summed E-state index contributed by atoms with van der Waals surface area (Å²) in [4.78, 5) is 30.3. The van der Waals surface area contributed by atoms with E-state index in [2.05, 4.69) is 10.3 Å². The molecule has 6 nitrogen and oxygen atoms in total. The zero-order valence-corrected chi connectivity index (χ0v) is 18.7. The van der Waals surface area contributed by atoms with Gasteiger partial charge in [-0.1, -0.05) is 53.2 Å². The quantitative estimate of drug-likeness (QED) is 0.300. The van der Waals surface area contributed by atoms with Gasteiger partial charge in [0, 0.05) is 0 Å². The van der Waals surface area contributed by atoms with Crippen LogP contribution >= 0.6 is 35.0 Å². The molecule has 0 unspecified atom stereocenters. The van der Waals surface area contributed by atoms with Crippen LogP contribution in [0.5, 0.6) is 0 Å². The van der Waals surface area contributed by atoms with Gasteiger partial charge < -0.3 is 9.73 Å². The van der Waals surface area contributed by atoms with Gasteiger partial charge in [-0.15, -0.1) is 0 Å². The second kappa shape index (κ2) is 9.18. The molecule has 2 heterocycles. The van der Waals surface area contributed by atoms with Gasteiger partial charge in [-0.2, -0.15) is 0 Å². The molecule has 158 valence electrons. The first-order valence-corrected chi connectivity index (χ1v) is 11.1. The summed E-state index contributed by atoms with van der Waals surface area (Å²) in [7, 11) is 0. The normalized spacial score (nSPS) is 11.1. The zero-order chi connectivity index (χ0) is 22.0. The standard InChI is InChI=1S/C22H17Cl2N3O3S/c1-13-8-9-16(23)20(19(13)24)26-18(28)12-31-22-25-17-7-3-2-6-15(17)21(29)27(22)11-14-5-4-10-30-14/h2-10H,11-12H2,1H3,(H,26,28). The number of thioether (sulfide) groups is 1. The number of anilines is 1. The van der Waals surface area contributed by atoms with E-state index in [0.29, 0.717) is 37.6 Å². The third-order valence-electron chi connectivity index (χ3n) is 4.60. The van der Waals surface area contributed by atoms with Crippen molar-refractivity contribution in [3.05, 3.63) is 86.5 Å². The van der Waals surface area contributed by atoms with Gasteiger partial charge in [0.05, 0.1) is 45.2 Å². The van der Waals surface area contributed by atoms with Crippen LogP contribution in [0.15, 0.2) is 69.2 Å². The van der Waals surface area contributed by atoms with Crippen LogP contribution in [-0.4, -0.2) is 21.2 Å². The molecule has 0 aliphatic heterocycles. The third kappa shape index (κ3) is 4.63. The zero-order valence-electron chi connectivity index (χ0n) is 16.4. The number of nitrogens with zero attached hydrogens (tertiary/aromatic N) is 2. The molecule has 0 atom stereocenters. The van der Waals surface area contributed by atoms with Crippen molar-refractivity contribution in [1.82, 2.24) is 9.55 Å². The lowest BCUT2D eigenvalue weighted by Gasteiger charge is -2.13. The molecule has 0 spiro atoms. The number of carbonyl (C=O) groups is 1. The molecule has 4 aromatic rings. The van der Waals surface area contributed by atoms with Crippen LogP contribution < -0.4 is 10.9 Å². The molecule has 0 aliphatic rings. The highest BCUT2D eigenvalue weighted by molar-refractivity contribution is 7.99. The van der Waals surface area contributed by atoms with Crippen molar-refractivity contribution in [3.8, 4) is 0 Å². The Balaban J connectivity index is 1.61. The van der Waals surface area contributed by atoms with Crippen LogP contribution in [0.25, 0.3) is 10.9 Å². The predicted molar refractivity (Wildman–Crippen MR) is 124 cm³/mol. The van der Waals surface area contributed by atoms with Gasteiger partial charge >= 0.3 is 0 Å². The van der Waals surface area contributed by atoms with Crippen molar-refractivity contribution in [3.63, 3.8) is 0 Å². The summed E-state index contributed by atoms with van der Waals surface area (Å²) in [6.45, 7) is 2.04. The lowest BCUT2D eigenvalue weighted by molar-refractivity contribution is -0.113. The molecule has 1 N–H and O–H groups in total. The molecule has 0 fully saturated rings. The number of fused-ring (bicyclic) bond motifs is 1. The number of aryl methyl sites for hydroxylation is 1. The highest BCUT2D eigenvalue weighted by Gasteiger charge is 2.16. The summed E-state index contributed by atoms with van der Waals surface area (Å²) in [5.41, 5.74) is 1.54. The van der Waals surface area contributed by atoms with Crippen molar-refractivity contribution in [1.29, 1.82) is 0 Å². The fourth-order valence-electron chi connectivity index (χ4n) is 3.03. The Morgan fingerprint density at radius 2 is 1.97 bits per heavy atom. The van der Waals surface area contributed by atoms with E-state index in [9.17, 15) is 9.59 Å². The van der Waals surface area contributed by atoms with Gasteiger partial charge in [0.25, 0.3) is 5.56 Å². The number of benzene rings is 2. The molecule has 0 radical (unpaired) electrons. The van der Waals surface area contributed by atoms with Crippen LogP contribution in [-0.2, 0) is 11.3 Å². The fourth-order valence-corrected chi connectivity index (χ4v) is 4.30. The largest absolute Gasteiger partial charge is 0.467 e. The molecule has 0 saturated carbocycles. The van der Waals surface area contributed by atoms with Gasteiger partial charge in [0.15, 0.2) is 5.16 Å². The second-order valence-corrected chi connectivity index (χ2v) is 8.50. The van der Waals surface area contributed by atoms with Crippen molar-refractivity contribution in [2.75, 3.05) is 11.1 Å². The Morgan fingerprint density at radius 3 is 2.74 bits per heavy atom. The predicted octanol–water partition coefficient (Wildman–Crippen LogP) is 5.38. The van der Waals surface area contributed by atoms with Crippen LogP contribution in [0, 0.1) is 6.92 Å². The van der Waals surface area contributed by atoms with E-state index in [-0.39, 0.29) is 23.8 Å². The summed E-state index contributed by atoms with van der Waals surface area (Å²) < 4.78 is 6.90. The number of aromatic nitrogens is 2. The molecular formula is C22H17Cl2N3O3S. The number of para-hydroxylation sites is 1. The summed E-state index contributed by atoms with van der Waals surface area (Å²) >= 11 is 13.6. The number of amides is 1. The molecule has 2 aromatic carbocycles.